The molecule has 0 aliphatic carbocycles. The summed E-state index contributed by atoms with van der Waals surface area (Å²) in [6.07, 6.45) is -1.08. The van der Waals surface area contributed by atoms with Crippen LogP contribution in [0.15, 0.2) is 0 Å². The average molecular weight is 149 g/mol. The second-order valence-corrected chi connectivity index (χ2v) is 1.79. The van der Waals surface area contributed by atoms with E-state index in [1.165, 1.54) is 0 Å². The zero-order chi connectivity index (χ0) is 7.98. The van der Waals surface area contributed by atoms with Gasteiger partial charge in [0.25, 0.3) is 0 Å². The second kappa shape index (κ2) is 5.16. The van der Waals surface area contributed by atoms with E-state index in [1.807, 2.05) is 0 Å². The van der Waals surface area contributed by atoms with Gasteiger partial charge in [0.05, 0.1) is 19.6 Å². The highest BCUT2D eigenvalue weighted by atomic mass is 16.5. The highest BCUT2D eigenvalue weighted by Crippen LogP contribution is 1.82. The van der Waals surface area contributed by atoms with E-state index in [1.54, 1.807) is 0 Å². The summed E-state index contributed by atoms with van der Waals surface area (Å²) in [5.74, 6) is -0.925. The molecule has 0 amide bonds. The molecule has 5 heteroatoms. The van der Waals surface area contributed by atoms with Crippen LogP contribution in [0.5, 0.6) is 0 Å². The molecule has 0 unspecified atom stereocenters. The van der Waals surface area contributed by atoms with Crippen LogP contribution >= 0.6 is 0 Å². The predicted octanol–water partition coefficient (Wildman–Crippen LogP) is -1.25. The van der Waals surface area contributed by atoms with Crippen molar-refractivity contribution in [2.75, 3.05) is 13.2 Å². The number of carboxylic acid groups (broad SMARTS) is 1. The molecule has 0 saturated heterocycles. The van der Waals surface area contributed by atoms with Crippen molar-refractivity contribution < 1.29 is 19.7 Å². The summed E-state index contributed by atoms with van der Waals surface area (Å²) in [6.45, 7) is 0.0663. The van der Waals surface area contributed by atoms with Crippen molar-refractivity contribution in [2.24, 2.45) is 5.73 Å². The fourth-order valence-corrected chi connectivity index (χ4v) is 0.364. The maximum Gasteiger partial charge on any atom is 0.305 e. The third kappa shape index (κ3) is 7.35. The molecule has 5 nitrogen and oxygen atoms in total. The van der Waals surface area contributed by atoms with Crippen LogP contribution in [0, 0.1) is 0 Å². The van der Waals surface area contributed by atoms with Crippen LogP contribution < -0.4 is 5.73 Å². The van der Waals surface area contributed by atoms with Crippen molar-refractivity contribution in [1.82, 2.24) is 0 Å². The van der Waals surface area contributed by atoms with Crippen LogP contribution in [0.1, 0.15) is 6.42 Å². The Balaban J connectivity index is 2.98. The minimum Gasteiger partial charge on any atom is -0.481 e. The minimum atomic E-state index is -1.02. The molecule has 0 aliphatic heterocycles. The Hall–Kier alpha value is -0.650. The lowest BCUT2D eigenvalue weighted by molar-refractivity contribution is -0.138. The molecule has 0 saturated carbocycles. The van der Waals surface area contributed by atoms with Gasteiger partial charge < -0.3 is 20.7 Å². The molecule has 0 aromatic heterocycles. The van der Waals surface area contributed by atoms with Gasteiger partial charge in [-0.05, 0) is 0 Å². The maximum atomic E-state index is 9.87. The standard InChI is InChI=1S/C5H11NO4/c6-4(7)3-10-2-1-5(8)9/h4,7H,1-3,6H2,(H,8,9)/t4-/m0/s1. The normalized spacial score (nSPS) is 13.0. The number of hydrogen-bond acceptors (Lipinski definition) is 4. The Bertz CT molecular complexity index is 104. The highest BCUT2D eigenvalue weighted by Gasteiger charge is 1.98. The molecule has 10 heavy (non-hydrogen) atoms. The zero-order valence-electron chi connectivity index (χ0n) is 5.49. The minimum absolute atomic E-state index is 0.0206. The molecule has 0 fully saturated rings. The first kappa shape index (κ1) is 9.35. The van der Waals surface area contributed by atoms with Crippen molar-refractivity contribution in [1.29, 1.82) is 0 Å². The Morgan fingerprint density at radius 3 is 2.70 bits per heavy atom. The lowest BCUT2D eigenvalue weighted by Gasteiger charge is -2.03. The summed E-state index contributed by atoms with van der Waals surface area (Å²) < 4.78 is 4.65. The van der Waals surface area contributed by atoms with Crippen molar-refractivity contribution in [3.63, 3.8) is 0 Å². The van der Waals surface area contributed by atoms with Crippen molar-refractivity contribution in [3.8, 4) is 0 Å². The molecular weight excluding hydrogens is 138 g/mol. The van der Waals surface area contributed by atoms with Gasteiger partial charge in [0.1, 0.15) is 6.23 Å². The number of nitrogens with two attached hydrogens (primary N) is 1. The first-order chi connectivity index (χ1) is 4.63. The van der Waals surface area contributed by atoms with Gasteiger partial charge in [-0.3, -0.25) is 4.79 Å². The van der Waals surface area contributed by atoms with E-state index < -0.39 is 12.2 Å². The van der Waals surface area contributed by atoms with Gasteiger partial charge in [-0.2, -0.15) is 0 Å². The first-order valence-corrected chi connectivity index (χ1v) is 2.86. The number of ether oxygens (including phenoxy) is 1. The molecule has 0 heterocycles. The van der Waals surface area contributed by atoms with E-state index in [4.69, 9.17) is 15.9 Å². The van der Waals surface area contributed by atoms with Crippen LogP contribution in [0.3, 0.4) is 0 Å². The van der Waals surface area contributed by atoms with Gasteiger partial charge in [0, 0.05) is 0 Å². The summed E-state index contributed by atoms with van der Waals surface area (Å²) in [5, 5.41) is 16.5. The molecule has 0 aromatic carbocycles. The lowest BCUT2D eigenvalue weighted by Crippen LogP contribution is -2.25. The number of hydrogen-bond donors (Lipinski definition) is 3. The molecule has 0 aliphatic rings. The molecule has 0 radical (unpaired) electrons. The highest BCUT2D eigenvalue weighted by molar-refractivity contribution is 5.66. The number of aliphatic carboxylic acids is 1. The monoisotopic (exact) mass is 149 g/mol. The maximum absolute atomic E-state index is 9.87. The van der Waals surface area contributed by atoms with Gasteiger partial charge in [-0.15, -0.1) is 0 Å². The quantitative estimate of drug-likeness (QED) is 0.335. The van der Waals surface area contributed by atoms with Crippen LogP contribution in [0.4, 0.5) is 0 Å². The Kier molecular flexibility index (Phi) is 4.82. The molecule has 0 aromatic rings. The molecule has 0 spiro atoms. The number of aliphatic hydroxyl groups is 1. The van der Waals surface area contributed by atoms with Crippen molar-refractivity contribution >= 4 is 5.97 Å². The number of aliphatic hydroxyl groups excluding tert-OH is 1. The summed E-state index contributed by atoms with van der Waals surface area (Å²) in [5.41, 5.74) is 4.89. The smallest absolute Gasteiger partial charge is 0.305 e. The third-order valence-corrected chi connectivity index (χ3v) is 0.749. The predicted molar refractivity (Wildman–Crippen MR) is 33.3 cm³/mol. The Morgan fingerprint density at radius 1 is 1.70 bits per heavy atom. The van der Waals surface area contributed by atoms with Crippen LogP contribution in [-0.4, -0.2) is 35.6 Å². The van der Waals surface area contributed by atoms with E-state index in [0.29, 0.717) is 0 Å². The summed E-state index contributed by atoms with van der Waals surface area (Å²) in [4.78, 5) is 9.87. The van der Waals surface area contributed by atoms with Crippen LogP contribution in [0.25, 0.3) is 0 Å². The van der Waals surface area contributed by atoms with Crippen molar-refractivity contribution in [2.45, 2.75) is 12.6 Å². The zero-order valence-corrected chi connectivity index (χ0v) is 5.49. The van der Waals surface area contributed by atoms with Crippen LogP contribution in [-0.2, 0) is 9.53 Å². The largest absolute Gasteiger partial charge is 0.481 e. The molecule has 0 rings (SSSR count). The van der Waals surface area contributed by atoms with Gasteiger partial charge in [-0.25, -0.2) is 0 Å². The Labute approximate surface area is 58.4 Å². The van der Waals surface area contributed by atoms with E-state index in [2.05, 4.69) is 4.74 Å². The van der Waals surface area contributed by atoms with Gasteiger partial charge in [0.15, 0.2) is 0 Å². The number of carboxylic acids is 1. The van der Waals surface area contributed by atoms with E-state index in [-0.39, 0.29) is 19.6 Å². The van der Waals surface area contributed by atoms with E-state index >= 15 is 0 Å². The molecular formula is C5H11NO4. The van der Waals surface area contributed by atoms with E-state index in [9.17, 15) is 4.79 Å². The molecule has 1 atom stereocenters. The Morgan fingerprint density at radius 2 is 2.30 bits per heavy atom. The fraction of sp³-hybridized carbons (Fsp3) is 0.800. The number of rotatable bonds is 5. The van der Waals surface area contributed by atoms with Gasteiger partial charge >= 0.3 is 5.97 Å². The first-order valence-electron chi connectivity index (χ1n) is 2.86. The summed E-state index contributed by atoms with van der Waals surface area (Å²) >= 11 is 0. The summed E-state index contributed by atoms with van der Waals surface area (Å²) in [6, 6.07) is 0. The van der Waals surface area contributed by atoms with Crippen molar-refractivity contribution in [3.05, 3.63) is 0 Å². The summed E-state index contributed by atoms with van der Waals surface area (Å²) in [7, 11) is 0. The van der Waals surface area contributed by atoms with E-state index in [0.717, 1.165) is 0 Å². The second-order valence-electron chi connectivity index (χ2n) is 1.79. The fourth-order valence-electron chi connectivity index (χ4n) is 0.364. The lowest BCUT2D eigenvalue weighted by atomic mass is 10.5. The molecule has 60 valence electrons. The molecule has 4 N–H and O–H groups in total. The average Bonchev–Trinajstić information content (AvgIpc) is 1.79. The SMILES string of the molecule is N[C@@H](O)COCCC(=O)O. The topological polar surface area (TPSA) is 92.8 Å². The van der Waals surface area contributed by atoms with Crippen LogP contribution in [0.2, 0.25) is 0 Å². The van der Waals surface area contributed by atoms with Gasteiger partial charge in [-0.1, -0.05) is 0 Å². The number of carbonyl (C=O) groups is 1. The third-order valence-electron chi connectivity index (χ3n) is 0.749. The van der Waals surface area contributed by atoms with Gasteiger partial charge in [0.2, 0.25) is 0 Å². The molecule has 0 bridgehead atoms.